The number of methoxy groups -OCH3 is 2. The van der Waals surface area contributed by atoms with E-state index in [1.807, 2.05) is 0 Å². The molecule has 3 atom stereocenters. The minimum atomic E-state index is -2.74. The van der Waals surface area contributed by atoms with Gasteiger partial charge in [-0.15, -0.1) is 5.10 Å². The number of rotatable bonds is 8. The number of benzene rings is 1. The number of ether oxygens (including phenoxy) is 2. The summed E-state index contributed by atoms with van der Waals surface area (Å²) in [6.45, 7) is 0. The van der Waals surface area contributed by atoms with Crippen molar-refractivity contribution >= 4 is 46.6 Å². The zero-order chi connectivity index (χ0) is 26.3. The van der Waals surface area contributed by atoms with Gasteiger partial charge in [-0.2, -0.15) is 9.50 Å². The normalized spacial score (nSPS) is 21.4. The third-order valence-corrected chi connectivity index (χ3v) is 7.09. The number of alkyl carbamates (subject to hydrolysis) is 1. The highest BCUT2D eigenvalue weighted by Crippen LogP contribution is 2.44. The van der Waals surface area contributed by atoms with Gasteiger partial charge < -0.3 is 31.2 Å². The molecule has 0 radical (unpaired) electrons. The second kappa shape index (κ2) is 10.1. The lowest BCUT2D eigenvalue weighted by molar-refractivity contribution is 0.0808. The van der Waals surface area contributed by atoms with Crippen molar-refractivity contribution in [1.82, 2.24) is 24.9 Å². The van der Waals surface area contributed by atoms with Gasteiger partial charge in [-0.25, -0.2) is 18.6 Å². The average Bonchev–Trinajstić information content (AvgIpc) is 3.48. The molecule has 2 aromatic heterocycles. The number of amides is 1. The summed E-state index contributed by atoms with van der Waals surface area (Å²) in [4.78, 5) is 20.6. The van der Waals surface area contributed by atoms with E-state index >= 15 is 0 Å². The number of carbonyl (C=O) groups is 1. The van der Waals surface area contributed by atoms with Crippen LogP contribution in [0.1, 0.15) is 49.2 Å². The highest BCUT2D eigenvalue weighted by atomic mass is 35.5. The van der Waals surface area contributed by atoms with Gasteiger partial charge in [0.1, 0.15) is 5.82 Å². The number of alkyl halides is 2. The smallest absolute Gasteiger partial charge is 0.407 e. The summed E-state index contributed by atoms with van der Waals surface area (Å²) in [6, 6.07) is 2.59. The fourth-order valence-corrected chi connectivity index (χ4v) is 4.96. The van der Waals surface area contributed by atoms with Crippen LogP contribution in [0.4, 0.5) is 36.8 Å². The minimum Gasteiger partial charge on any atom is -0.453 e. The van der Waals surface area contributed by atoms with Gasteiger partial charge in [0.25, 0.3) is 6.43 Å². The van der Waals surface area contributed by atoms with Crippen LogP contribution in [0, 0.1) is 0 Å². The zero-order valence-corrected chi connectivity index (χ0v) is 20.9. The Kier molecular flexibility index (Phi) is 6.90. The van der Waals surface area contributed by atoms with Gasteiger partial charge in [-0.3, -0.25) is 0 Å². The maximum atomic E-state index is 13.9. The van der Waals surface area contributed by atoms with Gasteiger partial charge >= 0.3 is 6.09 Å². The van der Waals surface area contributed by atoms with Crippen LogP contribution in [0.25, 0.3) is 5.65 Å². The van der Waals surface area contributed by atoms with Crippen molar-refractivity contribution in [3.63, 3.8) is 0 Å². The van der Waals surface area contributed by atoms with Crippen molar-refractivity contribution < 1.29 is 23.0 Å². The molecule has 0 spiro atoms. The van der Waals surface area contributed by atoms with E-state index in [0.717, 1.165) is 12.8 Å². The van der Waals surface area contributed by atoms with Crippen LogP contribution in [0.15, 0.2) is 18.3 Å². The Morgan fingerprint density at radius 1 is 1.27 bits per heavy atom. The lowest BCUT2D eigenvalue weighted by Gasteiger charge is -2.19. The van der Waals surface area contributed by atoms with Crippen molar-refractivity contribution in [3.8, 4) is 0 Å². The lowest BCUT2D eigenvalue weighted by Crippen LogP contribution is -2.40. The van der Waals surface area contributed by atoms with E-state index in [-0.39, 0.29) is 46.3 Å². The number of nitrogens with zero attached hydrogens (tertiary/aromatic N) is 4. The van der Waals surface area contributed by atoms with Gasteiger partial charge in [-0.05, 0) is 49.3 Å². The van der Waals surface area contributed by atoms with E-state index in [0.29, 0.717) is 35.7 Å². The summed E-state index contributed by atoms with van der Waals surface area (Å²) in [5.41, 5.74) is 7.01. The summed E-state index contributed by atoms with van der Waals surface area (Å²) in [5, 5.41) is 13.7. The predicted octanol–water partition coefficient (Wildman–Crippen LogP) is 4.23. The molecule has 2 aliphatic carbocycles. The predicted molar refractivity (Wildman–Crippen MR) is 134 cm³/mol. The molecule has 2 fully saturated rings. The molecule has 2 saturated carbocycles. The molecule has 1 aromatic carbocycles. The van der Waals surface area contributed by atoms with E-state index in [1.165, 1.54) is 37.1 Å². The SMILES string of the molecule is COC(=O)N[C@H]1CC(c2cc(C(F)F)cc(Nc3nc(NC4CC4)c4ncc(N)n4n3)c2Cl)C[C@H]1OC. The van der Waals surface area contributed by atoms with Gasteiger partial charge in [-0.1, -0.05) is 11.6 Å². The molecule has 0 saturated heterocycles. The largest absolute Gasteiger partial charge is 0.453 e. The molecule has 5 rings (SSSR count). The number of imidazole rings is 1. The Balaban J connectivity index is 1.49. The Hall–Kier alpha value is -3.45. The van der Waals surface area contributed by atoms with Crippen molar-refractivity contribution in [2.45, 2.75) is 56.2 Å². The Labute approximate surface area is 216 Å². The first-order valence-electron chi connectivity index (χ1n) is 11.8. The summed E-state index contributed by atoms with van der Waals surface area (Å²) in [5.74, 6) is 0.645. The van der Waals surface area contributed by atoms with E-state index in [4.69, 9.17) is 26.8 Å². The van der Waals surface area contributed by atoms with Gasteiger partial charge in [0.15, 0.2) is 11.5 Å². The molecule has 1 unspecified atom stereocenters. The second-order valence-electron chi connectivity index (χ2n) is 9.20. The van der Waals surface area contributed by atoms with Crippen LogP contribution in [-0.2, 0) is 9.47 Å². The first-order valence-corrected chi connectivity index (χ1v) is 12.2. The van der Waals surface area contributed by atoms with E-state index in [2.05, 4.69) is 31.0 Å². The summed E-state index contributed by atoms with van der Waals surface area (Å²) < 4.78 is 39.5. The van der Waals surface area contributed by atoms with E-state index in [9.17, 15) is 13.6 Å². The van der Waals surface area contributed by atoms with Crippen LogP contribution in [-0.4, -0.2) is 58.1 Å². The number of halogens is 3. The van der Waals surface area contributed by atoms with Crippen LogP contribution in [0.3, 0.4) is 0 Å². The van der Waals surface area contributed by atoms with Crippen LogP contribution < -0.4 is 21.7 Å². The number of fused-ring (bicyclic) bond motifs is 1. The zero-order valence-electron chi connectivity index (χ0n) is 20.2. The lowest BCUT2D eigenvalue weighted by atomic mass is 9.94. The summed E-state index contributed by atoms with van der Waals surface area (Å²) in [7, 11) is 2.80. The maximum Gasteiger partial charge on any atom is 0.407 e. The van der Waals surface area contributed by atoms with Crippen molar-refractivity contribution in [2.75, 3.05) is 30.6 Å². The molecule has 2 heterocycles. The van der Waals surface area contributed by atoms with Crippen LogP contribution in [0.5, 0.6) is 0 Å². The highest BCUT2D eigenvalue weighted by Gasteiger charge is 2.38. The third-order valence-electron chi connectivity index (χ3n) is 6.66. The first kappa shape index (κ1) is 25.2. The maximum absolute atomic E-state index is 13.9. The molecule has 3 aromatic rings. The molecule has 0 aliphatic heterocycles. The molecule has 5 N–H and O–H groups in total. The second-order valence-corrected chi connectivity index (χ2v) is 9.58. The minimum absolute atomic E-state index is 0.117. The number of anilines is 4. The van der Waals surface area contributed by atoms with Crippen molar-refractivity contribution in [1.29, 1.82) is 0 Å². The quantitative estimate of drug-likeness (QED) is 0.333. The average molecular weight is 537 g/mol. The summed E-state index contributed by atoms with van der Waals surface area (Å²) in [6.07, 6.45) is 0.734. The van der Waals surface area contributed by atoms with Crippen molar-refractivity contribution in [3.05, 3.63) is 34.5 Å². The van der Waals surface area contributed by atoms with Crippen LogP contribution >= 0.6 is 11.6 Å². The number of hydrogen-bond donors (Lipinski definition) is 4. The molecule has 1 amide bonds. The fraction of sp³-hybridized carbons (Fsp3) is 0.478. The number of hydrogen-bond acceptors (Lipinski definition) is 9. The topological polar surface area (TPSA) is 141 Å². The Bertz CT molecular complexity index is 1320. The molecule has 2 aliphatic rings. The standard InChI is InChI=1S/C23H27ClF2N8O3/c1-36-16-8-10(6-14(16)31-23(35)37-2)13-5-11(19(25)26)7-15(18(13)24)30-22-32-20(29-12-3-4-12)21-28-9-17(27)34(21)33-22/h5,7,9-10,12,14,16,19H,3-4,6,8,27H2,1-2H3,(H,31,35)(H2,29,30,32,33)/t10?,14-,16+/m0/s1. The molecular weight excluding hydrogens is 510 g/mol. The van der Waals surface area contributed by atoms with Crippen molar-refractivity contribution in [2.24, 2.45) is 0 Å². The Morgan fingerprint density at radius 3 is 2.73 bits per heavy atom. The molecule has 0 bridgehead atoms. The number of nitrogens with two attached hydrogens (primary N) is 1. The molecule has 37 heavy (non-hydrogen) atoms. The van der Waals surface area contributed by atoms with E-state index < -0.39 is 12.5 Å². The molecule has 11 nitrogen and oxygen atoms in total. The third kappa shape index (κ3) is 5.18. The van der Waals surface area contributed by atoms with Gasteiger partial charge in [0.2, 0.25) is 5.95 Å². The summed E-state index contributed by atoms with van der Waals surface area (Å²) >= 11 is 6.77. The van der Waals surface area contributed by atoms with Crippen LogP contribution in [0.2, 0.25) is 5.02 Å². The number of carbonyl (C=O) groups excluding carboxylic acids is 1. The molecule has 14 heteroatoms. The number of nitrogen functional groups attached to an aromatic ring is 1. The Morgan fingerprint density at radius 2 is 2.05 bits per heavy atom. The highest BCUT2D eigenvalue weighted by molar-refractivity contribution is 6.34. The number of aromatic nitrogens is 4. The van der Waals surface area contributed by atoms with Gasteiger partial charge in [0, 0.05) is 18.7 Å². The monoisotopic (exact) mass is 536 g/mol. The molecular formula is C23H27ClF2N8O3. The van der Waals surface area contributed by atoms with E-state index in [1.54, 1.807) is 0 Å². The first-order chi connectivity index (χ1) is 17.8. The molecule has 198 valence electrons. The fourth-order valence-electron chi connectivity index (χ4n) is 4.65. The number of nitrogens with one attached hydrogen (secondary N) is 3. The van der Waals surface area contributed by atoms with Gasteiger partial charge in [0.05, 0.1) is 36.2 Å².